The summed E-state index contributed by atoms with van der Waals surface area (Å²) in [6.07, 6.45) is 0. The third kappa shape index (κ3) is 4.73. The van der Waals surface area contributed by atoms with E-state index in [4.69, 9.17) is 0 Å². The highest BCUT2D eigenvalue weighted by atomic mass is 32.3. The van der Waals surface area contributed by atoms with E-state index < -0.39 is 30.7 Å². The largest absolute Gasteiger partial charge is 0.332 e. The summed E-state index contributed by atoms with van der Waals surface area (Å²) in [6, 6.07) is 3.94. The minimum Gasteiger partial charge on any atom is -0.303 e. The fraction of sp³-hybridized carbons (Fsp3) is 0.500. The van der Waals surface area contributed by atoms with Gasteiger partial charge < -0.3 is 4.90 Å². The molecule has 0 heterocycles. The number of rotatable bonds is 6. The van der Waals surface area contributed by atoms with Crippen molar-refractivity contribution in [2.45, 2.75) is 29.2 Å². The van der Waals surface area contributed by atoms with Crippen LogP contribution in [-0.2, 0) is 20.2 Å². The van der Waals surface area contributed by atoms with Crippen molar-refractivity contribution in [1.82, 2.24) is 9.62 Å². The van der Waals surface area contributed by atoms with Crippen molar-refractivity contribution < 1.29 is 20.7 Å². The summed E-state index contributed by atoms with van der Waals surface area (Å²) in [4.78, 5) is 1.17. The van der Waals surface area contributed by atoms with Crippen LogP contribution in [0, 0.1) is 0 Å². The Morgan fingerprint density at radius 3 is 1.86 bits per heavy atom. The van der Waals surface area contributed by atoms with Gasteiger partial charge in [-0.3, -0.25) is 0 Å². The van der Waals surface area contributed by atoms with Gasteiger partial charge in [-0.05, 0) is 52.2 Å². The highest BCUT2D eigenvalue weighted by molar-refractivity contribution is 7.89. The Bertz CT molecular complexity index is 695. The molecule has 0 atom stereocenters. The molecular formula is C12H19FN2O4S2. The Morgan fingerprint density at radius 2 is 1.48 bits per heavy atom. The highest BCUT2D eigenvalue weighted by Crippen LogP contribution is 2.17. The topological polar surface area (TPSA) is 83.6 Å². The number of benzene rings is 1. The summed E-state index contributed by atoms with van der Waals surface area (Å²) in [5.41, 5.74) is -0.394. The van der Waals surface area contributed by atoms with Crippen LogP contribution in [0.1, 0.15) is 13.8 Å². The first-order valence-corrected chi connectivity index (χ1v) is 8.95. The molecule has 0 aliphatic heterocycles. The summed E-state index contributed by atoms with van der Waals surface area (Å²) < 4.78 is 60.7. The van der Waals surface area contributed by atoms with Gasteiger partial charge in [-0.1, -0.05) is 0 Å². The van der Waals surface area contributed by atoms with Crippen molar-refractivity contribution in [1.29, 1.82) is 0 Å². The molecule has 0 radical (unpaired) electrons. The maximum atomic E-state index is 12.7. The van der Waals surface area contributed by atoms with Crippen LogP contribution in [0.2, 0.25) is 0 Å². The number of halogens is 1. The maximum Gasteiger partial charge on any atom is 0.332 e. The van der Waals surface area contributed by atoms with Gasteiger partial charge in [0.25, 0.3) is 0 Å². The lowest BCUT2D eigenvalue weighted by Gasteiger charge is -2.32. The minimum atomic E-state index is -4.83. The molecule has 0 unspecified atom stereocenters. The van der Waals surface area contributed by atoms with E-state index in [2.05, 4.69) is 4.72 Å². The highest BCUT2D eigenvalue weighted by Gasteiger charge is 2.24. The van der Waals surface area contributed by atoms with Gasteiger partial charge in [0, 0.05) is 12.1 Å². The molecule has 0 amide bonds. The van der Waals surface area contributed by atoms with Crippen molar-refractivity contribution in [3.8, 4) is 0 Å². The van der Waals surface area contributed by atoms with E-state index in [1.54, 1.807) is 0 Å². The molecule has 120 valence electrons. The van der Waals surface area contributed by atoms with E-state index in [0.717, 1.165) is 24.3 Å². The molecule has 0 aliphatic carbocycles. The third-order valence-electron chi connectivity index (χ3n) is 3.32. The molecule has 1 aromatic rings. The van der Waals surface area contributed by atoms with Crippen LogP contribution in [0.15, 0.2) is 34.1 Å². The van der Waals surface area contributed by atoms with Gasteiger partial charge >= 0.3 is 10.2 Å². The van der Waals surface area contributed by atoms with E-state index in [0.29, 0.717) is 0 Å². The Balaban J connectivity index is 2.94. The first-order chi connectivity index (χ1) is 9.36. The molecular weight excluding hydrogens is 319 g/mol. The number of sulfonamides is 1. The van der Waals surface area contributed by atoms with Crippen LogP contribution in [0.3, 0.4) is 0 Å². The fourth-order valence-electron chi connectivity index (χ4n) is 1.29. The van der Waals surface area contributed by atoms with Crippen molar-refractivity contribution in [3.05, 3.63) is 24.3 Å². The van der Waals surface area contributed by atoms with E-state index in [-0.39, 0.29) is 11.4 Å². The Kier molecular flexibility index (Phi) is 5.14. The van der Waals surface area contributed by atoms with E-state index in [9.17, 15) is 20.7 Å². The van der Waals surface area contributed by atoms with Gasteiger partial charge in [0.1, 0.15) is 0 Å². The molecule has 1 aromatic carbocycles. The molecule has 0 saturated carbocycles. The molecule has 1 N–H and O–H groups in total. The second kappa shape index (κ2) is 5.99. The standard InChI is InChI=1S/C12H19FN2O4S2/c1-12(2,15(3)4)9-14-21(18,19)11-7-5-10(6-8-11)20(13,16)17/h5-8,14H,9H2,1-4H3. The number of hydrogen-bond acceptors (Lipinski definition) is 5. The number of hydrogen-bond donors (Lipinski definition) is 1. The Labute approximate surface area is 125 Å². The molecule has 0 saturated heterocycles. The normalized spacial score (nSPS) is 13.6. The molecule has 21 heavy (non-hydrogen) atoms. The number of nitrogens with one attached hydrogen (secondary N) is 1. The predicted octanol–water partition coefficient (Wildman–Crippen LogP) is 0.963. The smallest absolute Gasteiger partial charge is 0.303 e. The first-order valence-electron chi connectivity index (χ1n) is 6.08. The fourth-order valence-corrected chi connectivity index (χ4v) is 2.96. The van der Waals surface area contributed by atoms with Crippen LogP contribution in [0.4, 0.5) is 3.89 Å². The maximum absolute atomic E-state index is 12.7. The summed E-state index contributed by atoms with van der Waals surface area (Å²) in [5, 5.41) is 0. The third-order valence-corrected chi connectivity index (χ3v) is 5.57. The summed E-state index contributed by atoms with van der Waals surface area (Å²) in [7, 11) is -4.96. The van der Waals surface area contributed by atoms with Gasteiger partial charge in [0.2, 0.25) is 10.0 Å². The van der Waals surface area contributed by atoms with Crippen LogP contribution in [-0.4, -0.2) is 47.9 Å². The zero-order valence-corrected chi connectivity index (χ0v) is 13.9. The van der Waals surface area contributed by atoms with Gasteiger partial charge in [-0.15, -0.1) is 3.89 Å². The molecule has 1 rings (SSSR count). The van der Waals surface area contributed by atoms with E-state index in [1.165, 1.54) is 0 Å². The summed E-state index contributed by atoms with van der Waals surface area (Å²) >= 11 is 0. The number of likely N-dealkylation sites (N-methyl/N-ethyl adjacent to an activating group) is 1. The lowest BCUT2D eigenvalue weighted by atomic mass is 10.1. The van der Waals surface area contributed by atoms with Gasteiger partial charge in [0.15, 0.2) is 0 Å². The average Bonchev–Trinajstić information content (AvgIpc) is 2.36. The minimum absolute atomic E-state index is 0.121. The van der Waals surface area contributed by atoms with Crippen molar-refractivity contribution in [2.75, 3.05) is 20.6 Å². The van der Waals surface area contributed by atoms with E-state index >= 15 is 0 Å². The van der Waals surface area contributed by atoms with Gasteiger partial charge in [0.05, 0.1) is 9.79 Å². The van der Waals surface area contributed by atoms with Crippen LogP contribution < -0.4 is 4.72 Å². The monoisotopic (exact) mass is 338 g/mol. The SMILES string of the molecule is CN(C)C(C)(C)CNS(=O)(=O)c1ccc(S(=O)(=O)F)cc1. The second-order valence-corrected chi connectivity index (χ2v) is 8.55. The molecule has 9 heteroatoms. The molecule has 0 spiro atoms. The molecule has 0 aliphatic rings. The van der Waals surface area contributed by atoms with Crippen LogP contribution in [0.5, 0.6) is 0 Å². The average molecular weight is 338 g/mol. The lowest BCUT2D eigenvalue weighted by Crippen LogP contribution is -2.48. The van der Waals surface area contributed by atoms with Gasteiger partial charge in [-0.2, -0.15) is 8.42 Å². The molecule has 0 bridgehead atoms. The summed E-state index contributed by atoms with van der Waals surface area (Å²) in [5.74, 6) is 0. The van der Waals surface area contributed by atoms with E-state index in [1.807, 2.05) is 32.8 Å². The predicted molar refractivity (Wildman–Crippen MR) is 77.7 cm³/mol. The van der Waals surface area contributed by atoms with Crippen molar-refractivity contribution >= 4 is 20.2 Å². The number of nitrogens with zero attached hydrogens (tertiary/aromatic N) is 1. The molecule has 6 nitrogen and oxygen atoms in total. The summed E-state index contributed by atoms with van der Waals surface area (Å²) in [6.45, 7) is 3.91. The van der Waals surface area contributed by atoms with Crippen LogP contribution >= 0.6 is 0 Å². The van der Waals surface area contributed by atoms with Crippen molar-refractivity contribution in [3.63, 3.8) is 0 Å². The zero-order chi connectivity index (χ0) is 16.5. The zero-order valence-electron chi connectivity index (χ0n) is 12.3. The first kappa shape index (κ1) is 18.0. The molecule has 0 fully saturated rings. The van der Waals surface area contributed by atoms with Crippen molar-refractivity contribution in [2.24, 2.45) is 0 Å². The Hall–Kier alpha value is -1.03. The van der Waals surface area contributed by atoms with Crippen LogP contribution in [0.25, 0.3) is 0 Å². The Morgan fingerprint density at radius 1 is 1.05 bits per heavy atom. The molecule has 0 aromatic heterocycles. The lowest BCUT2D eigenvalue weighted by molar-refractivity contribution is 0.199. The quantitative estimate of drug-likeness (QED) is 0.781. The second-order valence-electron chi connectivity index (χ2n) is 5.44. The van der Waals surface area contributed by atoms with Gasteiger partial charge in [-0.25, -0.2) is 13.1 Å².